The number of carbonyl (C=O) groups is 1. The molecular weight excluding hydrogens is 188 g/mol. The normalized spacial score (nSPS) is 11.9. The molecule has 1 amide bonds. The molecule has 0 saturated carbocycles. The molecule has 0 aliphatic heterocycles. The second kappa shape index (κ2) is 6.11. The van der Waals surface area contributed by atoms with Gasteiger partial charge in [-0.05, 0) is 33.6 Å². The Balaban J connectivity index is 4.69. The molecule has 3 heteroatoms. The van der Waals surface area contributed by atoms with Crippen LogP contribution < -0.4 is 5.73 Å². The Hall–Kier alpha value is -0.570. The van der Waals surface area contributed by atoms with Crippen LogP contribution in [0.4, 0.5) is 0 Å². The lowest BCUT2D eigenvalue weighted by atomic mass is 9.97. The monoisotopic (exact) mass is 214 g/mol. The minimum absolute atomic E-state index is 0.126. The van der Waals surface area contributed by atoms with Crippen molar-refractivity contribution in [3.8, 4) is 0 Å². The Morgan fingerprint density at radius 1 is 1.27 bits per heavy atom. The highest BCUT2D eigenvalue weighted by atomic mass is 16.2. The maximum absolute atomic E-state index is 12.2. The van der Waals surface area contributed by atoms with Crippen molar-refractivity contribution in [1.82, 2.24) is 4.90 Å². The molecule has 0 aliphatic carbocycles. The average molecular weight is 214 g/mol. The van der Waals surface area contributed by atoms with E-state index in [2.05, 4.69) is 34.6 Å². The summed E-state index contributed by atoms with van der Waals surface area (Å²) in [7, 11) is 0. The molecule has 0 heterocycles. The molecule has 0 spiro atoms. The highest BCUT2D eigenvalue weighted by molar-refractivity contribution is 5.79. The number of amides is 1. The van der Waals surface area contributed by atoms with E-state index in [9.17, 15) is 4.79 Å². The predicted molar refractivity (Wildman–Crippen MR) is 64.6 cm³/mol. The van der Waals surface area contributed by atoms with Crippen molar-refractivity contribution >= 4 is 5.91 Å². The molecule has 0 bridgehead atoms. The lowest BCUT2D eigenvalue weighted by Crippen LogP contribution is -2.50. The average Bonchev–Trinajstić information content (AvgIpc) is 2.14. The van der Waals surface area contributed by atoms with Crippen LogP contribution in [0.15, 0.2) is 0 Å². The van der Waals surface area contributed by atoms with E-state index in [4.69, 9.17) is 5.73 Å². The highest BCUT2D eigenvalue weighted by Crippen LogP contribution is 2.19. The standard InChI is InChI=1S/C12H26N2O/c1-6-10(7-2)11(15)14(9-8-13)12(3,4)5/h10H,6-9,13H2,1-5H3. The van der Waals surface area contributed by atoms with Crippen LogP contribution in [0.2, 0.25) is 0 Å². The minimum atomic E-state index is -0.126. The second-order valence-corrected chi connectivity index (χ2v) is 4.96. The fourth-order valence-corrected chi connectivity index (χ4v) is 1.76. The van der Waals surface area contributed by atoms with E-state index in [1.165, 1.54) is 0 Å². The van der Waals surface area contributed by atoms with Crippen molar-refractivity contribution in [3.63, 3.8) is 0 Å². The number of nitrogens with two attached hydrogens (primary N) is 1. The molecule has 90 valence electrons. The van der Waals surface area contributed by atoms with Crippen LogP contribution in [-0.2, 0) is 4.79 Å². The summed E-state index contributed by atoms with van der Waals surface area (Å²) in [6.07, 6.45) is 1.82. The van der Waals surface area contributed by atoms with E-state index >= 15 is 0 Å². The number of rotatable bonds is 5. The number of hydrogen-bond acceptors (Lipinski definition) is 2. The van der Waals surface area contributed by atoms with Gasteiger partial charge in [-0.1, -0.05) is 13.8 Å². The largest absolute Gasteiger partial charge is 0.336 e. The Morgan fingerprint density at radius 2 is 1.73 bits per heavy atom. The van der Waals surface area contributed by atoms with Crippen LogP contribution in [0.5, 0.6) is 0 Å². The topological polar surface area (TPSA) is 46.3 Å². The van der Waals surface area contributed by atoms with Gasteiger partial charge >= 0.3 is 0 Å². The fraction of sp³-hybridized carbons (Fsp3) is 0.917. The molecule has 0 unspecified atom stereocenters. The Bertz CT molecular complexity index is 192. The summed E-state index contributed by atoms with van der Waals surface area (Å²) in [4.78, 5) is 14.1. The van der Waals surface area contributed by atoms with Crippen LogP contribution in [-0.4, -0.2) is 29.4 Å². The van der Waals surface area contributed by atoms with Gasteiger partial charge in [-0.2, -0.15) is 0 Å². The van der Waals surface area contributed by atoms with Gasteiger partial charge in [0.25, 0.3) is 0 Å². The fourth-order valence-electron chi connectivity index (χ4n) is 1.76. The van der Waals surface area contributed by atoms with E-state index in [0.29, 0.717) is 13.1 Å². The maximum atomic E-state index is 12.2. The summed E-state index contributed by atoms with van der Waals surface area (Å²) in [6.45, 7) is 11.5. The van der Waals surface area contributed by atoms with Gasteiger partial charge in [0.05, 0.1) is 0 Å². The molecule has 0 aromatic carbocycles. The first-order valence-electron chi connectivity index (χ1n) is 5.90. The van der Waals surface area contributed by atoms with Gasteiger partial charge in [-0.3, -0.25) is 4.79 Å². The molecule has 0 saturated heterocycles. The smallest absolute Gasteiger partial charge is 0.226 e. The van der Waals surface area contributed by atoms with Gasteiger partial charge in [0.15, 0.2) is 0 Å². The van der Waals surface area contributed by atoms with Crippen molar-refractivity contribution in [2.24, 2.45) is 11.7 Å². The van der Waals surface area contributed by atoms with E-state index in [-0.39, 0.29) is 17.4 Å². The van der Waals surface area contributed by atoms with Crippen molar-refractivity contribution in [2.45, 2.75) is 53.0 Å². The van der Waals surface area contributed by atoms with Gasteiger partial charge in [0.2, 0.25) is 5.91 Å². The third-order valence-corrected chi connectivity index (χ3v) is 2.76. The number of nitrogens with zero attached hydrogens (tertiary/aromatic N) is 1. The van der Waals surface area contributed by atoms with E-state index in [1.54, 1.807) is 0 Å². The number of hydrogen-bond donors (Lipinski definition) is 1. The predicted octanol–water partition coefficient (Wildman–Crippen LogP) is 2.01. The summed E-state index contributed by atoms with van der Waals surface area (Å²) >= 11 is 0. The summed E-state index contributed by atoms with van der Waals surface area (Å²) in [5.41, 5.74) is 5.43. The van der Waals surface area contributed by atoms with Crippen molar-refractivity contribution < 1.29 is 4.79 Å². The maximum Gasteiger partial charge on any atom is 0.226 e. The van der Waals surface area contributed by atoms with Crippen LogP contribution >= 0.6 is 0 Å². The minimum Gasteiger partial charge on any atom is -0.336 e. The Morgan fingerprint density at radius 3 is 2.00 bits per heavy atom. The first-order valence-corrected chi connectivity index (χ1v) is 5.90. The molecule has 0 fully saturated rings. The molecule has 0 radical (unpaired) electrons. The Kier molecular flexibility index (Phi) is 5.88. The summed E-state index contributed by atoms with van der Waals surface area (Å²) in [5, 5.41) is 0. The molecule has 0 aromatic rings. The first-order chi connectivity index (χ1) is 6.88. The van der Waals surface area contributed by atoms with Crippen LogP contribution in [0.1, 0.15) is 47.5 Å². The van der Waals surface area contributed by atoms with E-state index in [0.717, 1.165) is 12.8 Å². The second-order valence-electron chi connectivity index (χ2n) is 4.96. The molecule has 0 aliphatic rings. The molecule has 2 N–H and O–H groups in total. The van der Waals surface area contributed by atoms with Gasteiger partial charge in [0.1, 0.15) is 0 Å². The summed E-state index contributed by atoms with van der Waals surface area (Å²) in [5.74, 6) is 0.397. The van der Waals surface area contributed by atoms with Gasteiger partial charge in [-0.15, -0.1) is 0 Å². The zero-order chi connectivity index (χ0) is 12.1. The summed E-state index contributed by atoms with van der Waals surface area (Å²) < 4.78 is 0. The van der Waals surface area contributed by atoms with Crippen LogP contribution in [0.3, 0.4) is 0 Å². The molecule has 0 rings (SSSR count). The summed E-state index contributed by atoms with van der Waals surface area (Å²) in [6, 6.07) is 0. The molecule has 0 atom stereocenters. The molecule has 3 nitrogen and oxygen atoms in total. The lowest BCUT2D eigenvalue weighted by molar-refractivity contribution is -0.140. The Labute approximate surface area is 94.0 Å². The molecular formula is C12H26N2O. The number of carbonyl (C=O) groups excluding carboxylic acids is 1. The molecule has 0 aromatic heterocycles. The third kappa shape index (κ3) is 4.20. The first kappa shape index (κ1) is 14.4. The third-order valence-electron chi connectivity index (χ3n) is 2.76. The van der Waals surface area contributed by atoms with Crippen LogP contribution in [0, 0.1) is 5.92 Å². The lowest BCUT2D eigenvalue weighted by Gasteiger charge is -2.37. The van der Waals surface area contributed by atoms with E-state index in [1.807, 2.05) is 4.90 Å². The van der Waals surface area contributed by atoms with Gasteiger partial charge in [-0.25, -0.2) is 0 Å². The van der Waals surface area contributed by atoms with Crippen LogP contribution in [0.25, 0.3) is 0 Å². The SMILES string of the molecule is CCC(CC)C(=O)N(CCN)C(C)(C)C. The zero-order valence-corrected chi connectivity index (χ0v) is 10.8. The van der Waals surface area contributed by atoms with Crippen molar-refractivity contribution in [2.75, 3.05) is 13.1 Å². The van der Waals surface area contributed by atoms with Crippen molar-refractivity contribution in [1.29, 1.82) is 0 Å². The molecule has 15 heavy (non-hydrogen) atoms. The van der Waals surface area contributed by atoms with Gasteiger partial charge in [0, 0.05) is 24.5 Å². The van der Waals surface area contributed by atoms with E-state index < -0.39 is 0 Å². The zero-order valence-electron chi connectivity index (χ0n) is 10.8. The van der Waals surface area contributed by atoms with Crippen molar-refractivity contribution in [3.05, 3.63) is 0 Å². The quantitative estimate of drug-likeness (QED) is 0.761. The highest BCUT2D eigenvalue weighted by Gasteiger charge is 2.29. The van der Waals surface area contributed by atoms with Gasteiger partial charge < -0.3 is 10.6 Å².